The summed E-state index contributed by atoms with van der Waals surface area (Å²) in [5, 5.41) is 0. The molecule has 0 saturated carbocycles. The molecule has 1 nitrogen and oxygen atoms in total. The van der Waals surface area contributed by atoms with E-state index in [4.69, 9.17) is 0 Å². The van der Waals surface area contributed by atoms with Gasteiger partial charge in [0, 0.05) is 19.3 Å². The zero-order chi connectivity index (χ0) is 9.26. The zero-order valence-corrected chi connectivity index (χ0v) is 8.51. The third kappa shape index (κ3) is 1.43. The Hall–Kier alpha value is -0.980. The number of benzene rings is 1. The average Bonchev–Trinajstić information content (AvgIpc) is 2.18. The Morgan fingerprint density at radius 2 is 2.23 bits per heavy atom. The zero-order valence-electron chi connectivity index (χ0n) is 8.51. The molecule has 0 N–H and O–H groups in total. The summed E-state index contributed by atoms with van der Waals surface area (Å²) in [7, 11) is 2.19. The van der Waals surface area contributed by atoms with Gasteiger partial charge >= 0.3 is 0 Å². The standard InChI is InChI=1S/C12H17N/c1-3-10-6-4-8-12-11(10)7-5-9-13(12)2/h4,6,8H,3,5,7,9H2,1-2H3. The Labute approximate surface area is 80.4 Å². The molecule has 1 heteroatoms. The van der Waals surface area contributed by atoms with E-state index in [2.05, 4.69) is 37.1 Å². The minimum Gasteiger partial charge on any atom is -0.374 e. The van der Waals surface area contributed by atoms with Gasteiger partial charge in [-0.25, -0.2) is 0 Å². The molecule has 0 spiro atoms. The highest BCUT2D eigenvalue weighted by atomic mass is 15.1. The first-order valence-electron chi connectivity index (χ1n) is 5.15. The summed E-state index contributed by atoms with van der Waals surface area (Å²) >= 11 is 0. The molecule has 0 unspecified atom stereocenters. The Kier molecular flexibility index (Phi) is 2.26. The number of hydrogen-bond donors (Lipinski definition) is 0. The predicted octanol–water partition coefficient (Wildman–Crippen LogP) is 2.63. The van der Waals surface area contributed by atoms with E-state index in [1.54, 1.807) is 5.56 Å². The average molecular weight is 175 g/mol. The van der Waals surface area contributed by atoms with Crippen molar-refractivity contribution >= 4 is 5.69 Å². The van der Waals surface area contributed by atoms with Crippen LogP contribution in [0.2, 0.25) is 0 Å². The van der Waals surface area contributed by atoms with Crippen LogP contribution in [-0.2, 0) is 12.8 Å². The number of aryl methyl sites for hydroxylation is 1. The lowest BCUT2D eigenvalue weighted by Gasteiger charge is -2.28. The summed E-state index contributed by atoms with van der Waals surface area (Å²) in [6, 6.07) is 6.69. The van der Waals surface area contributed by atoms with Crippen LogP contribution in [0.5, 0.6) is 0 Å². The summed E-state index contributed by atoms with van der Waals surface area (Å²) in [5.41, 5.74) is 4.56. The molecule has 70 valence electrons. The van der Waals surface area contributed by atoms with Crippen LogP contribution < -0.4 is 4.90 Å². The van der Waals surface area contributed by atoms with Gasteiger partial charge in [0.05, 0.1) is 0 Å². The Balaban J connectivity index is 2.48. The van der Waals surface area contributed by atoms with Gasteiger partial charge in [0.2, 0.25) is 0 Å². The molecule has 1 aliphatic heterocycles. The van der Waals surface area contributed by atoms with Crippen molar-refractivity contribution in [3.63, 3.8) is 0 Å². The lowest BCUT2D eigenvalue weighted by atomic mass is 9.95. The van der Waals surface area contributed by atoms with Crippen molar-refractivity contribution in [2.24, 2.45) is 0 Å². The molecule has 1 aromatic rings. The summed E-state index contributed by atoms with van der Waals surface area (Å²) in [6.07, 6.45) is 3.74. The van der Waals surface area contributed by atoms with Crippen molar-refractivity contribution < 1.29 is 0 Å². The summed E-state index contributed by atoms with van der Waals surface area (Å²) < 4.78 is 0. The van der Waals surface area contributed by atoms with Gasteiger partial charge in [-0.15, -0.1) is 0 Å². The van der Waals surface area contributed by atoms with Crippen LogP contribution in [0.25, 0.3) is 0 Å². The van der Waals surface area contributed by atoms with Gasteiger partial charge < -0.3 is 4.90 Å². The van der Waals surface area contributed by atoms with E-state index < -0.39 is 0 Å². The molecule has 2 rings (SSSR count). The smallest absolute Gasteiger partial charge is 0.0398 e. The topological polar surface area (TPSA) is 3.24 Å². The second-order valence-electron chi connectivity index (χ2n) is 3.79. The molecule has 0 bridgehead atoms. The van der Waals surface area contributed by atoms with E-state index in [-0.39, 0.29) is 0 Å². The minimum absolute atomic E-state index is 1.16. The van der Waals surface area contributed by atoms with Crippen molar-refractivity contribution in [1.29, 1.82) is 0 Å². The van der Waals surface area contributed by atoms with Crippen LogP contribution in [0.1, 0.15) is 24.5 Å². The predicted molar refractivity (Wildman–Crippen MR) is 57.4 cm³/mol. The summed E-state index contributed by atoms with van der Waals surface area (Å²) in [4.78, 5) is 2.37. The van der Waals surface area contributed by atoms with Crippen molar-refractivity contribution in [2.45, 2.75) is 26.2 Å². The van der Waals surface area contributed by atoms with E-state index >= 15 is 0 Å². The molecule has 0 aromatic heterocycles. The largest absolute Gasteiger partial charge is 0.374 e. The summed E-state index contributed by atoms with van der Waals surface area (Å²) in [5.74, 6) is 0. The number of anilines is 1. The van der Waals surface area contributed by atoms with E-state index in [1.165, 1.54) is 30.6 Å². The lowest BCUT2D eigenvalue weighted by Crippen LogP contribution is -2.25. The highest BCUT2D eigenvalue weighted by molar-refractivity contribution is 5.58. The van der Waals surface area contributed by atoms with Crippen LogP contribution >= 0.6 is 0 Å². The Bertz CT molecular complexity index is 304. The molecule has 1 aliphatic rings. The molecule has 0 aliphatic carbocycles. The van der Waals surface area contributed by atoms with Crippen LogP contribution in [-0.4, -0.2) is 13.6 Å². The van der Waals surface area contributed by atoms with Gasteiger partial charge in [-0.3, -0.25) is 0 Å². The van der Waals surface area contributed by atoms with E-state index in [0.29, 0.717) is 0 Å². The third-order valence-corrected chi connectivity index (χ3v) is 2.96. The van der Waals surface area contributed by atoms with Crippen molar-refractivity contribution in [3.05, 3.63) is 29.3 Å². The minimum atomic E-state index is 1.16. The van der Waals surface area contributed by atoms with Crippen molar-refractivity contribution in [1.82, 2.24) is 0 Å². The first-order valence-corrected chi connectivity index (χ1v) is 5.15. The monoisotopic (exact) mass is 175 g/mol. The van der Waals surface area contributed by atoms with E-state index in [9.17, 15) is 0 Å². The molecule has 13 heavy (non-hydrogen) atoms. The van der Waals surface area contributed by atoms with Crippen LogP contribution in [0.3, 0.4) is 0 Å². The highest BCUT2D eigenvalue weighted by Gasteiger charge is 2.14. The highest BCUT2D eigenvalue weighted by Crippen LogP contribution is 2.28. The fraction of sp³-hybridized carbons (Fsp3) is 0.500. The molecule has 1 heterocycles. The molecule has 1 aromatic carbocycles. The normalized spacial score (nSPS) is 15.7. The summed E-state index contributed by atoms with van der Waals surface area (Å²) in [6.45, 7) is 3.45. The third-order valence-electron chi connectivity index (χ3n) is 2.96. The van der Waals surface area contributed by atoms with Crippen LogP contribution in [0.15, 0.2) is 18.2 Å². The molecule has 0 amide bonds. The number of fused-ring (bicyclic) bond motifs is 1. The fourth-order valence-corrected chi connectivity index (χ4v) is 2.21. The fourth-order valence-electron chi connectivity index (χ4n) is 2.21. The Morgan fingerprint density at radius 3 is 3.00 bits per heavy atom. The molecule has 0 fully saturated rings. The van der Waals surface area contributed by atoms with Gasteiger partial charge in [-0.05, 0) is 36.5 Å². The van der Waals surface area contributed by atoms with E-state index in [1.807, 2.05) is 0 Å². The number of hydrogen-bond acceptors (Lipinski definition) is 1. The molecule has 0 atom stereocenters. The van der Waals surface area contributed by atoms with Gasteiger partial charge in [0.25, 0.3) is 0 Å². The quantitative estimate of drug-likeness (QED) is 0.634. The maximum Gasteiger partial charge on any atom is 0.0398 e. The van der Waals surface area contributed by atoms with Gasteiger partial charge in [-0.1, -0.05) is 19.1 Å². The second kappa shape index (κ2) is 3.41. The van der Waals surface area contributed by atoms with Gasteiger partial charge in [0.15, 0.2) is 0 Å². The first kappa shape index (κ1) is 8.61. The molecular weight excluding hydrogens is 158 g/mol. The SMILES string of the molecule is CCc1cccc2c1CCCN2C. The second-order valence-corrected chi connectivity index (χ2v) is 3.79. The first-order chi connectivity index (χ1) is 6.33. The lowest BCUT2D eigenvalue weighted by molar-refractivity contribution is 0.737. The molecule has 0 radical (unpaired) electrons. The maximum atomic E-state index is 2.37. The maximum absolute atomic E-state index is 2.37. The van der Waals surface area contributed by atoms with Crippen molar-refractivity contribution in [2.75, 3.05) is 18.5 Å². The number of nitrogens with zero attached hydrogens (tertiary/aromatic N) is 1. The molecular formula is C12H17N. The van der Waals surface area contributed by atoms with Crippen molar-refractivity contribution in [3.8, 4) is 0 Å². The van der Waals surface area contributed by atoms with Crippen LogP contribution in [0.4, 0.5) is 5.69 Å². The van der Waals surface area contributed by atoms with Gasteiger partial charge in [0.1, 0.15) is 0 Å². The molecule has 0 saturated heterocycles. The van der Waals surface area contributed by atoms with Crippen LogP contribution in [0, 0.1) is 0 Å². The number of rotatable bonds is 1. The Morgan fingerprint density at radius 1 is 1.38 bits per heavy atom. The van der Waals surface area contributed by atoms with Gasteiger partial charge in [-0.2, -0.15) is 0 Å². The van der Waals surface area contributed by atoms with E-state index in [0.717, 1.165) is 6.42 Å².